The fourth-order valence-electron chi connectivity index (χ4n) is 0.945. The standard InChI is InChI=1S/C10H15N3/c1-2-9(11)8-13(12)10-6-4-3-5-7-10/h3-8H,2,11-12H2,1H3/b9-8-. The van der Waals surface area contributed by atoms with Crippen molar-refractivity contribution in [2.45, 2.75) is 13.3 Å². The van der Waals surface area contributed by atoms with Crippen LogP contribution in [0.4, 0.5) is 5.69 Å². The number of benzene rings is 1. The Morgan fingerprint density at radius 3 is 2.54 bits per heavy atom. The fraction of sp³-hybridized carbons (Fsp3) is 0.200. The molecule has 0 saturated heterocycles. The number of allylic oxidation sites excluding steroid dienone is 1. The molecule has 0 aliphatic rings. The third-order valence-electron chi connectivity index (χ3n) is 1.77. The van der Waals surface area contributed by atoms with Crippen molar-refractivity contribution in [2.24, 2.45) is 11.6 Å². The summed E-state index contributed by atoms with van der Waals surface area (Å²) in [7, 11) is 0. The number of rotatable bonds is 3. The molecule has 4 N–H and O–H groups in total. The zero-order chi connectivity index (χ0) is 9.68. The van der Waals surface area contributed by atoms with E-state index in [2.05, 4.69) is 0 Å². The van der Waals surface area contributed by atoms with Crippen molar-refractivity contribution in [3.05, 3.63) is 42.2 Å². The van der Waals surface area contributed by atoms with Crippen molar-refractivity contribution < 1.29 is 0 Å². The highest BCUT2D eigenvalue weighted by molar-refractivity contribution is 5.47. The minimum absolute atomic E-state index is 0.770. The minimum Gasteiger partial charge on any atom is -0.401 e. The molecule has 0 aliphatic heterocycles. The Bertz CT molecular complexity index is 279. The highest BCUT2D eigenvalue weighted by Crippen LogP contribution is 2.10. The molecular weight excluding hydrogens is 162 g/mol. The lowest BCUT2D eigenvalue weighted by Gasteiger charge is -2.14. The van der Waals surface area contributed by atoms with Gasteiger partial charge in [0.1, 0.15) is 0 Å². The second kappa shape index (κ2) is 4.52. The molecule has 0 fully saturated rings. The van der Waals surface area contributed by atoms with Crippen molar-refractivity contribution in [2.75, 3.05) is 5.01 Å². The molecule has 0 spiro atoms. The van der Waals surface area contributed by atoms with Gasteiger partial charge in [-0.3, -0.25) is 5.01 Å². The molecule has 0 atom stereocenters. The third kappa shape index (κ3) is 2.80. The van der Waals surface area contributed by atoms with Crippen molar-refractivity contribution in [3.63, 3.8) is 0 Å². The number of nitrogens with zero attached hydrogens (tertiary/aromatic N) is 1. The number of hydrogen-bond donors (Lipinski definition) is 2. The van der Waals surface area contributed by atoms with Gasteiger partial charge < -0.3 is 5.73 Å². The van der Waals surface area contributed by atoms with Gasteiger partial charge in [0.25, 0.3) is 0 Å². The topological polar surface area (TPSA) is 55.3 Å². The molecule has 1 aromatic carbocycles. The van der Waals surface area contributed by atoms with Crippen LogP contribution in [0.5, 0.6) is 0 Å². The SMILES string of the molecule is CC/C(N)=C/N(N)c1ccccc1. The van der Waals surface area contributed by atoms with Crippen LogP contribution in [-0.2, 0) is 0 Å². The van der Waals surface area contributed by atoms with Crippen molar-refractivity contribution in [1.82, 2.24) is 0 Å². The van der Waals surface area contributed by atoms with E-state index in [1.807, 2.05) is 37.3 Å². The molecule has 0 heterocycles. The number of anilines is 1. The molecule has 0 amide bonds. The van der Waals surface area contributed by atoms with E-state index >= 15 is 0 Å². The second-order valence-electron chi connectivity index (χ2n) is 2.80. The lowest BCUT2D eigenvalue weighted by atomic mass is 10.3. The molecule has 0 bridgehead atoms. The summed E-state index contributed by atoms with van der Waals surface area (Å²) in [6.07, 6.45) is 2.54. The predicted octanol–water partition coefficient (Wildman–Crippen LogP) is 1.58. The van der Waals surface area contributed by atoms with E-state index in [0.29, 0.717) is 0 Å². The van der Waals surface area contributed by atoms with Gasteiger partial charge >= 0.3 is 0 Å². The summed E-state index contributed by atoms with van der Waals surface area (Å²) in [4.78, 5) is 0. The normalized spacial score (nSPS) is 11.4. The van der Waals surface area contributed by atoms with E-state index in [4.69, 9.17) is 11.6 Å². The monoisotopic (exact) mass is 177 g/mol. The maximum atomic E-state index is 5.75. The van der Waals surface area contributed by atoms with Crippen LogP contribution in [0.2, 0.25) is 0 Å². The van der Waals surface area contributed by atoms with Crippen molar-refractivity contribution in [1.29, 1.82) is 0 Å². The molecule has 0 aromatic heterocycles. The zero-order valence-electron chi connectivity index (χ0n) is 7.77. The molecule has 70 valence electrons. The highest BCUT2D eigenvalue weighted by Gasteiger charge is 1.96. The summed E-state index contributed by atoms with van der Waals surface area (Å²) in [6, 6.07) is 9.68. The van der Waals surface area contributed by atoms with Crippen LogP contribution in [0.3, 0.4) is 0 Å². The molecule has 1 aromatic rings. The first-order valence-electron chi connectivity index (χ1n) is 4.29. The molecule has 0 saturated carbocycles. The number of para-hydroxylation sites is 1. The first-order valence-corrected chi connectivity index (χ1v) is 4.29. The molecular formula is C10H15N3. The Morgan fingerprint density at radius 1 is 1.38 bits per heavy atom. The van der Waals surface area contributed by atoms with E-state index in [1.165, 1.54) is 5.01 Å². The maximum absolute atomic E-state index is 5.75. The lowest BCUT2D eigenvalue weighted by molar-refractivity contribution is 0.995. The molecule has 13 heavy (non-hydrogen) atoms. The van der Waals surface area contributed by atoms with Crippen LogP contribution in [0.25, 0.3) is 0 Å². The first-order chi connectivity index (χ1) is 6.24. The van der Waals surface area contributed by atoms with E-state index < -0.39 is 0 Å². The highest BCUT2D eigenvalue weighted by atomic mass is 15.4. The summed E-state index contributed by atoms with van der Waals surface area (Å²) in [6.45, 7) is 1.99. The van der Waals surface area contributed by atoms with Crippen LogP contribution in [0.1, 0.15) is 13.3 Å². The van der Waals surface area contributed by atoms with Gasteiger partial charge in [0.15, 0.2) is 0 Å². The van der Waals surface area contributed by atoms with Gasteiger partial charge in [0, 0.05) is 11.9 Å². The number of hydrazine groups is 1. The molecule has 1 rings (SSSR count). The van der Waals surface area contributed by atoms with Gasteiger partial charge in [-0.15, -0.1) is 0 Å². The Hall–Kier alpha value is -1.48. The minimum atomic E-state index is 0.770. The Labute approximate surface area is 78.6 Å². The number of hydrogen-bond acceptors (Lipinski definition) is 3. The van der Waals surface area contributed by atoms with Crippen LogP contribution in [0.15, 0.2) is 42.2 Å². The van der Waals surface area contributed by atoms with Crippen molar-refractivity contribution in [3.8, 4) is 0 Å². The van der Waals surface area contributed by atoms with Crippen molar-refractivity contribution >= 4 is 5.69 Å². The van der Waals surface area contributed by atoms with Gasteiger partial charge in [-0.05, 0) is 18.6 Å². The van der Waals surface area contributed by atoms with Crippen LogP contribution in [0, 0.1) is 0 Å². The summed E-state index contributed by atoms with van der Waals surface area (Å²) in [5.41, 5.74) is 7.35. The van der Waals surface area contributed by atoms with Gasteiger partial charge in [0.2, 0.25) is 0 Å². The fourth-order valence-corrected chi connectivity index (χ4v) is 0.945. The van der Waals surface area contributed by atoms with E-state index in [9.17, 15) is 0 Å². The Balaban J connectivity index is 2.75. The van der Waals surface area contributed by atoms with Crippen LogP contribution >= 0.6 is 0 Å². The van der Waals surface area contributed by atoms with Gasteiger partial charge in [-0.25, -0.2) is 5.84 Å². The molecule has 0 aliphatic carbocycles. The number of nitrogens with two attached hydrogens (primary N) is 2. The van der Waals surface area contributed by atoms with E-state index in [1.54, 1.807) is 6.20 Å². The average Bonchev–Trinajstić information content (AvgIpc) is 2.19. The third-order valence-corrected chi connectivity index (χ3v) is 1.77. The van der Waals surface area contributed by atoms with Gasteiger partial charge in [0.05, 0.1) is 5.69 Å². The van der Waals surface area contributed by atoms with Gasteiger partial charge in [-0.1, -0.05) is 25.1 Å². The first kappa shape index (κ1) is 9.61. The van der Waals surface area contributed by atoms with E-state index in [-0.39, 0.29) is 0 Å². The molecule has 3 nitrogen and oxygen atoms in total. The summed E-state index contributed by atoms with van der Waals surface area (Å²) >= 11 is 0. The summed E-state index contributed by atoms with van der Waals surface area (Å²) in [5, 5.41) is 1.53. The van der Waals surface area contributed by atoms with Gasteiger partial charge in [-0.2, -0.15) is 0 Å². The van der Waals surface area contributed by atoms with Crippen LogP contribution in [-0.4, -0.2) is 0 Å². The predicted molar refractivity (Wildman–Crippen MR) is 55.7 cm³/mol. The Morgan fingerprint density at radius 2 is 2.00 bits per heavy atom. The quantitative estimate of drug-likeness (QED) is 0.544. The smallest absolute Gasteiger partial charge is 0.0568 e. The zero-order valence-corrected chi connectivity index (χ0v) is 7.77. The average molecular weight is 177 g/mol. The van der Waals surface area contributed by atoms with Crippen LogP contribution < -0.4 is 16.6 Å². The van der Waals surface area contributed by atoms with E-state index in [0.717, 1.165) is 17.8 Å². The molecule has 0 radical (unpaired) electrons. The second-order valence-corrected chi connectivity index (χ2v) is 2.80. The largest absolute Gasteiger partial charge is 0.401 e. The Kier molecular flexibility index (Phi) is 3.34. The maximum Gasteiger partial charge on any atom is 0.0568 e. The molecule has 0 unspecified atom stereocenters. The molecule has 3 heteroatoms. The summed E-state index contributed by atoms with van der Waals surface area (Å²) in [5.74, 6) is 5.75. The summed E-state index contributed by atoms with van der Waals surface area (Å²) < 4.78 is 0. The lowest BCUT2D eigenvalue weighted by Crippen LogP contribution is -2.25.